The Bertz CT molecular complexity index is 578. The van der Waals surface area contributed by atoms with Gasteiger partial charge in [0.15, 0.2) is 10.9 Å². The molecule has 0 aliphatic heterocycles. The van der Waals surface area contributed by atoms with E-state index >= 15 is 0 Å². The maximum Gasteiger partial charge on any atom is 0.178 e. The molecule has 102 valence electrons. The summed E-state index contributed by atoms with van der Waals surface area (Å²) in [5.74, 6) is 0.525. The van der Waals surface area contributed by atoms with Crippen molar-refractivity contribution in [3.8, 4) is 5.75 Å². The second-order valence-electron chi connectivity index (χ2n) is 5.20. The van der Waals surface area contributed by atoms with E-state index in [-0.39, 0.29) is 5.41 Å². The molecule has 0 saturated heterocycles. The molecule has 4 nitrogen and oxygen atoms in total. The first-order chi connectivity index (χ1) is 8.91. The standard InChI is InChI=1S/C13H16ClN3OS/c1-13(2,3)9-6-19-10(17-9)5-8-11(18-4)12(14)16-7-15-8/h6-7H,5H2,1-4H3. The molecular formula is C13H16ClN3OS. The zero-order valence-corrected chi connectivity index (χ0v) is 13.0. The lowest BCUT2D eigenvalue weighted by Gasteiger charge is -2.14. The van der Waals surface area contributed by atoms with E-state index in [1.807, 2.05) is 0 Å². The van der Waals surface area contributed by atoms with Crippen molar-refractivity contribution in [1.29, 1.82) is 0 Å². The van der Waals surface area contributed by atoms with Gasteiger partial charge in [0, 0.05) is 17.2 Å². The van der Waals surface area contributed by atoms with Crippen LogP contribution in [0.1, 0.15) is 37.2 Å². The topological polar surface area (TPSA) is 47.9 Å². The molecule has 0 aromatic carbocycles. The molecular weight excluding hydrogens is 282 g/mol. The van der Waals surface area contributed by atoms with E-state index in [1.54, 1.807) is 18.4 Å². The van der Waals surface area contributed by atoms with Gasteiger partial charge in [-0.1, -0.05) is 32.4 Å². The molecule has 19 heavy (non-hydrogen) atoms. The fraction of sp³-hybridized carbons (Fsp3) is 0.462. The molecule has 2 rings (SSSR count). The van der Waals surface area contributed by atoms with E-state index in [0.717, 1.165) is 16.4 Å². The predicted octanol–water partition coefficient (Wildman–Crippen LogP) is 3.48. The first kappa shape index (κ1) is 14.2. The van der Waals surface area contributed by atoms with Gasteiger partial charge in [0.2, 0.25) is 0 Å². The molecule has 0 saturated carbocycles. The molecule has 0 radical (unpaired) electrons. The van der Waals surface area contributed by atoms with Crippen LogP contribution in [0.15, 0.2) is 11.7 Å². The third-order valence-electron chi connectivity index (χ3n) is 2.68. The first-order valence-corrected chi connectivity index (χ1v) is 7.16. The van der Waals surface area contributed by atoms with E-state index in [0.29, 0.717) is 17.3 Å². The Kier molecular flexibility index (Phi) is 4.06. The number of nitrogens with zero attached hydrogens (tertiary/aromatic N) is 3. The van der Waals surface area contributed by atoms with Crippen LogP contribution in [0.5, 0.6) is 5.75 Å². The highest BCUT2D eigenvalue weighted by Crippen LogP contribution is 2.29. The fourth-order valence-electron chi connectivity index (χ4n) is 1.59. The molecule has 0 bridgehead atoms. The summed E-state index contributed by atoms with van der Waals surface area (Å²) in [6, 6.07) is 0. The summed E-state index contributed by atoms with van der Waals surface area (Å²) in [5.41, 5.74) is 1.91. The minimum atomic E-state index is 0.0577. The number of thiazole rings is 1. The van der Waals surface area contributed by atoms with Crippen molar-refractivity contribution in [1.82, 2.24) is 15.0 Å². The second kappa shape index (κ2) is 5.43. The number of aromatic nitrogens is 3. The highest BCUT2D eigenvalue weighted by atomic mass is 35.5. The average Bonchev–Trinajstić information content (AvgIpc) is 2.77. The number of hydrogen-bond acceptors (Lipinski definition) is 5. The molecule has 6 heteroatoms. The maximum absolute atomic E-state index is 5.98. The Morgan fingerprint density at radius 3 is 2.63 bits per heavy atom. The van der Waals surface area contributed by atoms with Crippen molar-refractivity contribution < 1.29 is 4.74 Å². The van der Waals surface area contributed by atoms with Crippen molar-refractivity contribution in [2.75, 3.05) is 7.11 Å². The van der Waals surface area contributed by atoms with Gasteiger partial charge in [-0.05, 0) is 0 Å². The molecule has 0 unspecified atom stereocenters. The molecule has 2 heterocycles. The van der Waals surface area contributed by atoms with E-state index in [1.165, 1.54) is 6.33 Å². The molecule has 0 N–H and O–H groups in total. The smallest absolute Gasteiger partial charge is 0.178 e. The molecule has 2 aromatic heterocycles. The summed E-state index contributed by atoms with van der Waals surface area (Å²) in [6.45, 7) is 6.44. The van der Waals surface area contributed by atoms with E-state index in [2.05, 4.69) is 41.1 Å². The van der Waals surface area contributed by atoms with Crippen LogP contribution in [0, 0.1) is 0 Å². The van der Waals surface area contributed by atoms with Crippen molar-refractivity contribution in [2.24, 2.45) is 0 Å². The van der Waals surface area contributed by atoms with Gasteiger partial charge in [-0.25, -0.2) is 15.0 Å². The highest BCUT2D eigenvalue weighted by Gasteiger charge is 2.19. The second-order valence-corrected chi connectivity index (χ2v) is 6.50. The van der Waals surface area contributed by atoms with Crippen LogP contribution in [0.3, 0.4) is 0 Å². The number of halogens is 1. The number of rotatable bonds is 3. The molecule has 0 atom stereocenters. The van der Waals surface area contributed by atoms with Crippen LogP contribution in [0.25, 0.3) is 0 Å². The third-order valence-corrected chi connectivity index (χ3v) is 3.80. The Morgan fingerprint density at radius 2 is 2.05 bits per heavy atom. The van der Waals surface area contributed by atoms with E-state index < -0.39 is 0 Å². The van der Waals surface area contributed by atoms with E-state index in [4.69, 9.17) is 16.3 Å². The van der Waals surface area contributed by atoms with Gasteiger partial charge in [-0.3, -0.25) is 0 Å². The Morgan fingerprint density at radius 1 is 1.32 bits per heavy atom. The predicted molar refractivity (Wildman–Crippen MR) is 77.2 cm³/mol. The van der Waals surface area contributed by atoms with Gasteiger partial charge < -0.3 is 4.74 Å². The summed E-state index contributed by atoms with van der Waals surface area (Å²) in [7, 11) is 1.57. The van der Waals surface area contributed by atoms with Crippen LogP contribution < -0.4 is 4.74 Å². The maximum atomic E-state index is 5.98. The van der Waals surface area contributed by atoms with Crippen LogP contribution in [0.2, 0.25) is 5.15 Å². The Labute approximate surface area is 121 Å². The fourth-order valence-corrected chi connectivity index (χ4v) is 2.85. The van der Waals surface area contributed by atoms with Crippen molar-refractivity contribution in [3.05, 3.63) is 33.3 Å². The van der Waals surface area contributed by atoms with Crippen LogP contribution in [-0.2, 0) is 11.8 Å². The minimum absolute atomic E-state index is 0.0577. The average molecular weight is 298 g/mol. The SMILES string of the molecule is COc1c(Cl)ncnc1Cc1nc(C(C)(C)C)cs1. The van der Waals surface area contributed by atoms with Crippen LogP contribution >= 0.6 is 22.9 Å². The molecule has 0 spiro atoms. The molecule has 0 aliphatic rings. The quantitative estimate of drug-likeness (QED) is 0.814. The van der Waals surface area contributed by atoms with Gasteiger partial charge in [-0.15, -0.1) is 11.3 Å². The van der Waals surface area contributed by atoms with Gasteiger partial charge in [0.1, 0.15) is 6.33 Å². The summed E-state index contributed by atoms with van der Waals surface area (Å²) >= 11 is 7.61. The lowest BCUT2D eigenvalue weighted by Crippen LogP contribution is -2.11. The normalized spacial score (nSPS) is 11.6. The first-order valence-electron chi connectivity index (χ1n) is 5.90. The van der Waals surface area contributed by atoms with Gasteiger partial charge in [0.05, 0.1) is 23.5 Å². The van der Waals surface area contributed by atoms with Crippen molar-refractivity contribution in [2.45, 2.75) is 32.6 Å². The summed E-state index contributed by atoms with van der Waals surface area (Å²) in [6.07, 6.45) is 2.05. The molecule has 0 fully saturated rings. The van der Waals surface area contributed by atoms with Gasteiger partial charge in [0.25, 0.3) is 0 Å². The Balaban J connectivity index is 2.27. The Hall–Kier alpha value is -1.20. The van der Waals surface area contributed by atoms with Crippen LogP contribution in [-0.4, -0.2) is 22.1 Å². The zero-order chi connectivity index (χ0) is 14.0. The summed E-state index contributed by atoms with van der Waals surface area (Å²) in [4.78, 5) is 12.8. The van der Waals surface area contributed by atoms with Crippen molar-refractivity contribution >= 4 is 22.9 Å². The molecule has 0 aliphatic carbocycles. The summed E-state index contributed by atoms with van der Waals surface area (Å²) in [5, 5.41) is 3.42. The lowest BCUT2D eigenvalue weighted by atomic mass is 9.93. The minimum Gasteiger partial charge on any atom is -0.492 e. The van der Waals surface area contributed by atoms with Gasteiger partial charge in [-0.2, -0.15) is 0 Å². The van der Waals surface area contributed by atoms with Gasteiger partial charge >= 0.3 is 0 Å². The number of hydrogen-bond donors (Lipinski definition) is 0. The molecule has 0 amide bonds. The monoisotopic (exact) mass is 297 g/mol. The highest BCUT2D eigenvalue weighted by molar-refractivity contribution is 7.09. The van der Waals surface area contributed by atoms with Crippen LogP contribution in [0.4, 0.5) is 0 Å². The lowest BCUT2D eigenvalue weighted by molar-refractivity contribution is 0.405. The zero-order valence-electron chi connectivity index (χ0n) is 11.4. The van der Waals surface area contributed by atoms with E-state index in [9.17, 15) is 0 Å². The number of ether oxygens (including phenoxy) is 1. The third kappa shape index (κ3) is 3.22. The largest absolute Gasteiger partial charge is 0.492 e. The number of methoxy groups -OCH3 is 1. The molecule has 2 aromatic rings. The van der Waals surface area contributed by atoms with Crippen molar-refractivity contribution in [3.63, 3.8) is 0 Å². The summed E-state index contributed by atoms with van der Waals surface area (Å²) < 4.78 is 5.24.